The van der Waals surface area contributed by atoms with Crippen LogP contribution in [0.3, 0.4) is 0 Å². The maximum Gasteiger partial charge on any atom is 0.387 e. The first kappa shape index (κ1) is 20.3. The standard InChI is InChI=1S/C22H26F2N2O2/c1-15(21(27)26-18-9-5-6-10-18)25-20(16-7-3-2-4-8-16)17-11-13-19(14-12-17)28-22(23)24/h2-4,7-8,11-15,18,20,22,25H,5-6,9-10H2,1H3,(H,26,27)/t15-,20+/m0/s1. The molecule has 0 spiro atoms. The van der Waals surface area contributed by atoms with Crippen LogP contribution in [0, 0.1) is 0 Å². The van der Waals surface area contributed by atoms with Crippen molar-refractivity contribution in [1.82, 2.24) is 10.6 Å². The van der Waals surface area contributed by atoms with Gasteiger partial charge in [-0.2, -0.15) is 8.78 Å². The summed E-state index contributed by atoms with van der Waals surface area (Å²) in [5.41, 5.74) is 1.86. The quantitative estimate of drug-likeness (QED) is 0.704. The summed E-state index contributed by atoms with van der Waals surface area (Å²) in [4.78, 5) is 12.6. The van der Waals surface area contributed by atoms with Crippen LogP contribution in [0.4, 0.5) is 8.78 Å². The number of alkyl halides is 2. The molecule has 0 radical (unpaired) electrons. The van der Waals surface area contributed by atoms with Gasteiger partial charge in [0.1, 0.15) is 5.75 Å². The second-order valence-corrected chi connectivity index (χ2v) is 7.17. The van der Waals surface area contributed by atoms with Gasteiger partial charge in [-0.3, -0.25) is 10.1 Å². The average molecular weight is 388 g/mol. The zero-order valence-electron chi connectivity index (χ0n) is 15.9. The Hall–Kier alpha value is -2.47. The van der Waals surface area contributed by atoms with Gasteiger partial charge >= 0.3 is 6.61 Å². The summed E-state index contributed by atoms with van der Waals surface area (Å²) in [7, 11) is 0. The lowest BCUT2D eigenvalue weighted by molar-refractivity contribution is -0.123. The molecule has 0 aromatic heterocycles. The number of carbonyl (C=O) groups excluding carboxylic acids is 1. The van der Waals surface area contributed by atoms with Crippen LogP contribution in [0.2, 0.25) is 0 Å². The van der Waals surface area contributed by atoms with E-state index in [1.54, 1.807) is 12.1 Å². The van der Waals surface area contributed by atoms with Crippen LogP contribution >= 0.6 is 0 Å². The molecule has 2 atom stereocenters. The van der Waals surface area contributed by atoms with Gasteiger partial charge in [-0.05, 0) is 43.0 Å². The fourth-order valence-electron chi connectivity index (χ4n) is 3.59. The molecule has 1 saturated carbocycles. The number of carbonyl (C=O) groups is 1. The SMILES string of the molecule is C[C@H](N[C@H](c1ccccc1)c1ccc(OC(F)F)cc1)C(=O)NC1CCCC1. The summed E-state index contributed by atoms with van der Waals surface area (Å²) in [5.74, 6) is 0.0862. The Labute approximate surface area is 164 Å². The van der Waals surface area contributed by atoms with Crippen LogP contribution in [0.1, 0.15) is 49.8 Å². The molecule has 0 bridgehead atoms. The van der Waals surface area contributed by atoms with Crippen molar-refractivity contribution >= 4 is 5.91 Å². The molecule has 0 heterocycles. The van der Waals surface area contributed by atoms with Crippen LogP contribution in [0.5, 0.6) is 5.75 Å². The molecule has 150 valence electrons. The highest BCUT2D eigenvalue weighted by molar-refractivity contribution is 5.81. The van der Waals surface area contributed by atoms with Gasteiger partial charge in [-0.15, -0.1) is 0 Å². The lowest BCUT2D eigenvalue weighted by Crippen LogP contribution is -2.46. The van der Waals surface area contributed by atoms with Crippen molar-refractivity contribution < 1.29 is 18.3 Å². The van der Waals surface area contributed by atoms with E-state index >= 15 is 0 Å². The first-order chi connectivity index (χ1) is 13.5. The first-order valence-electron chi connectivity index (χ1n) is 9.69. The molecule has 0 aliphatic heterocycles. The normalized spacial score (nSPS) is 16.7. The fraction of sp³-hybridized carbons (Fsp3) is 0.409. The van der Waals surface area contributed by atoms with Gasteiger partial charge in [0.25, 0.3) is 0 Å². The highest BCUT2D eigenvalue weighted by atomic mass is 19.3. The molecule has 4 nitrogen and oxygen atoms in total. The van der Waals surface area contributed by atoms with Crippen molar-refractivity contribution in [2.24, 2.45) is 0 Å². The number of benzene rings is 2. The Kier molecular flexibility index (Phi) is 6.98. The molecule has 2 aromatic carbocycles. The van der Waals surface area contributed by atoms with E-state index < -0.39 is 12.7 Å². The minimum atomic E-state index is -2.85. The van der Waals surface area contributed by atoms with Gasteiger partial charge in [-0.1, -0.05) is 55.3 Å². The van der Waals surface area contributed by atoms with Crippen molar-refractivity contribution in [3.63, 3.8) is 0 Å². The van der Waals surface area contributed by atoms with Crippen LogP contribution in [-0.4, -0.2) is 24.6 Å². The van der Waals surface area contributed by atoms with Crippen molar-refractivity contribution in [2.75, 3.05) is 0 Å². The predicted octanol–water partition coefficient (Wildman–Crippen LogP) is 4.41. The lowest BCUT2D eigenvalue weighted by atomic mass is 9.97. The molecule has 1 amide bonds. The predicted molar refractivity (Wildman–Crippen MR) is 104 cm³/mol. The summed E-state index contributed by atoms with van der Waals surface area (Å²) in [5, 5.41) is 6.50. The average Bonchev–Trinajstić information content (AvgIpc) is 3.20. The lowest BCUT2D eigenvalue weighted by Gasteiger charge is -2.25. The van der Waals surface area contributed by atoms with Gasteiger partial charge in [0.2, 0.25) is 5.91 Å². The van der Waals surface area contributed by atoms with Gasteiger partial charge in [0.15, 0.2) is 0 Å². The molecule has 2 N–H and O–H groups in total. The smallest absolute Gasteiger partial charge is 0.387 e. The second kappa shape index (κ2) is 9.64. The van der Waals surface area contributed by atoms with Crippen molar-refractivity contribution in [3.8, 4) is 5.75 Å². The molecule has 0 unspecified atom stereocenters. The van der Waals surface area contributed by atoms with E-state index in [0.29, 0.717) is 0 Å². The van der Waals surface area contributed by atoms with Gasteiger partial charge < -0.3 is 10.1 Å². The number of nitrogens with one attached hydrogen (secondary N) is 2. The maximum absolute atomic E-state index is 12.6. The highest BCUT2D eigenvalue weighted by Gasteiger charge is 2.24. The van der Waals surface area contributed by atoms with Crippen LogP contribution < -0.4 is 15.4 Å². The van der Waals surface area contributed by atoms with Gasteiger partial charge in [0, 0.05) is 6.04 Å². The molecule has 1 aliphatic rings. The maximum atomic E-state index is 12.6. The largest absolute Gasteiger partial charge is 0.435 e. The Morgan fingerprint density at radius 3 is 2.21 bits per heavy atom. The first-order valence-corrected chi connectivity index (χ1v) is 9.69. The molecule has 2 aromatic rings. The Morgan fingerprint density at radius 1 is 1.00 bits per heavy atom. The van der Waals surface area contributed by atoms with Crippen molar-refractivity contribution in [2.45, 2.75) is 57.3 Å². The molecular formula is C22H26F2N2O2. The zero-order chi connectivity index (χ0) is 19.9. The third-order valence-corrected chi connectivity index (χ3v) is 5.08. The molecular weight excluding hydrogens is 362 g/mol. The molecule has 1 aliphatic carbocycles. The van der Waals surface area contributed by atoms with Crippen LogP contribution in [0.15, 0.2) is 54.6 Å². The number of amides is 1. The summed E-state index contributed by atoms with van der Waals surface area (Å²) in [6.07, 6.45) is 4.39. The van der Waals surface area contributed by atoms with E-state index in [2.05, 4.69) is 15.4 Å². The minimum Gasteiger partial charge on any atom is -0.435 e. The minimum absolute atomic E-state index is 0.0227. The number of hydrogen-bond donors (Lipinski definition) is 2. The summed E-state index contributed by atoms with van der Waals surface area (Å²) in [6.45, 7) is -1.01. The number of ether oxygens (including phenoxy) is 1. The van der Waals surface area contributed by atoms with Gasteiger partial charge in [0.05, 0.1) is 12.1 Å². The third kappa shape index (κ3) is 5.52. The van der Waals surface area contributed by atoms with E-state index in [4.69, 9.17) is 0 Å². The van der Waals surface area contributed by atoms with Crippen molar-refractivity contribution in [1.29, 1.82) is 0 Å². The molecule has 0 saturated heterocycles. The molecule has 1 fully saturated rings. The Balaban J connectivity index is 1.74. The Bertz CT molecular complexity index is 747. The van der Waals surface area contributed by atoms with E-state index in [1.165, 1.54) is 12.1 Å². The second-order valence-electron chi connectivity index (χ2n) is 7.17. The van der Waals surface area contributed by atoms with E-state index in [1.807, 2.05) is 37.3 Å². The van der Waals surface area contributed by atoms with Crippen LogP contribution in [-0.2, 0) is 4.79 Å². The highest BCUT2D eigenvalue weighted by Crippen LogP contribution is 2.25. The summed E-state index contributed by atoms with van der Waals surface area (Å²) in [6, 6.07) is 15.9. The summed E-state index contributed by atoms with van der Waals surface area (Å²) >= 11 is 0. The molecule has 28 heavy (non-hydrogen) atoms. The fourth-order valence-corrected chi connectivity index (χ4v) is 3.59. The number of hydrogen-bond acceptors (Lipinski definition) is 3. The van der Waals surface area contributed by atoms with Crippen molar-refractivity contribution in [3.05, 3.63) is 65.7 Å². The molecule has 3 rings (SSSR count). The number of halogens is 2. The molecule has 6 heteroatoms. The topological polar surface area (TPSA) is 50.4 Å². The summed E-state index contributed by atoms with van der Waals surface area (Å²) < 4.78 is 29.2. The van der Waals surface area contributed by atoms with E-state index in [9.17, 15) is 13.6 Å². The zero-order valence-corrected chi connectivity index (χ0v) is 15.9. The number of rotatable bonds is 8. The monoisotopic (exact) mass is 388 g/mol. The van der Waals surface area contributed by atoms with E-state index in [0.717, 1.165) is 36.8 Å². The van der Waals surface area contributed by atoms with Gasteiger partial charge in [-0.25, -0.2) is 0 Å². The van der Waals surface area contributed by atoms with Crippen LogP contribution in [0.25, 0.3) is 0 Å². The third-order valence-electron chi connectivity index (χ3n) is 5.08. The van der Waals surface area contributed by atoms with E-state index in [-0.39, 0.29) is 23.7 Å². The Morgan fingerprint density at radius 2 is 1.61 bits per heavy atom.